The van der Waals surface area contributed by atoms with Crippen LogP contribution in [0.25, 0.3) is 16.7 Å². The van der Waals surface area contributed by atoms with E-state index in [1.165, 1.54) is 0 Å². The molecule has 0 aliphatic rings. The van der Waals surface area contributed by atoms with Gasteiger partial charge in [0.25, 0.3) is 0 Å². The van der Waals surface area contributed by atoms with Gasteiger partial charge in [0.2, 0.25) is 0 Å². The molecule has 5 heteroatoms. The number of nitrogens with zero attached hydrogens (tertiary/aromatic N) is 2. The minimum atomic E-state index is -0.194. The van der Waals surface area contributed by atoms with Crippen LogP contribution in [0.5, 0.6) is 5.75 Å². The van der Waals surface area contributed by atoms with Gasteiger partial charge in [-0.05, 0) is 24.3 Å². The Morgan fingerprint density at radius 2 is 2.00 bits per heavy atom. The molecule has 1 N–H and O–H groups in total. The van der Waals surface area contributed by atoms with Gasteiger partial charge in [-0.25, -0.2) is 4.79 Å². The topological polar surface area (TPSA) is 59.9 Å². The zero-order chi connectivity index (χ0) is 12.5. The van der Waals surface area contributed by atoms with Crippen molar-refractivity contribution < 1.29 is 4.74 Å². The fraction of sp³-hybridized carbons (Fsp3) is 0.0769. The molecule has 2 heterocycles. The maximum Gasteiger partial charge on any atom is 0.331 e. The highest BCUT2D eigenvalue weighted by molar-refractivity contribution is 5.83. The van der Waals surface area contributed by atoms with Crippen molar-refractivity contribution in [2.45, 2.75) is 0 Å². The number of ether oxygens (including phenoxy) is 1. The van der Waals surface area contributed by atoms with Gasteiger partial charge in [-0.3, -0.25) is 9.55 Å². The molecule has 0 saturated heterocycles. The molecule has 2 aromatic heterocycles. The van der Waals surface area contributed by atoms with E-state index in [1.807, 2.05) is 18.2 Å². The third kappa shape index (κ3) is 1.48. The fourth-order valence-electron chi connectivity index (χ4n) is 2.03. The molecular weight excluding hydrogens is 230 g/mol. The van der Waals surface area contributed by atoms with E-state index >= 15 is 0 Å². The maximum absolute atomic E-state index is 12.0. The molecule has 0 aliphatic heterocycles. The molecule has 0 unspecified atom stereocenters. The largest absolute Gasteiger partial charge is 0.494 e. The number of pyridine rings is 1. The van der Waals surface area contributed by atoms with Crippen LogP contribution >= 0.6 is 0 Å². The second kappa shape index (κ2) is 4.03. The Bertz CT molecular complexity index is 744. The molecule has 3 rings (SSSR count). The summed E-state index contributed by atoms with van der Waals surface area (Å²) in [6.45, 7) is 0. The summed E-state index contributed by atoms with van der Waals surface area (Å²) < 4.78 is 6.89. The predicted molar refractivity (Wildman–Crippen MR) is 68.2 cm³/mol. The molecule has 0 saturated carbocycles. The Labute approximate surface area is 103 Å². The lowest BCUT2D eigenvalue weighted by Gasteiger charge is -2.06. The van der Waals surface area contributed by atoms with Crippen molar-refractivity contribution in [1.29, 1.82) is 0 Å². The zero-order valence-electron chi connectivity index (χ0n) is 9.75. The van der Waals surface area contributed by atoms with Gasteiger partial charge in [-0.2, -0.15) is 0 Å². The Kier molecular flexibility index (Phi) is 2.37. The van der Waals surface area contributed by atoms with Gasteiger partial charge in [0.05, 0.1) is 18.3 Å². The lowest BCUT2D eigenvalue weighted by Crippen LogP contribution is -2.14. The number of para-hydroxylation sites is 1. The molecule has 0 radical (unpaired) electrons. The van der Waals surface area contributed by atoms with E-state index in [0.717, 1.165) is 16.7 Å². The van der Waals surface area contributed by atoms with Crippen LogP contribution in [0.1, 0.15) is 0 Å². The summed E-state index contributed by atoms with van der Waals surface area (Å²) in [5.41, 5.74) is 2.04. The molecular formula is C13H11N3O2. The number of hydrogen-bond acceptors (Lipinski definition) is 3. The van der Waals surface area contributed by atoms with Gasteiger partial charge < -0.3 is 9.72 Å². The molecule has 5 nitrogen and oxygen atoms in total. The highest BCUT2D eigenvalue weighted by atomic mass is 16.5. The van der Waals surface area contributed by atoms with Crippen LogP contribution in [0.2, 0.25) is 0 Å². The van der Waals surface area contributed by atoms with Crippen molar-refractivity contribution >= 4 is 11.0 Å². The van der Waals surface area contributed by atoms with Crippen LogP contribution < -0.4 is 10.4 Å². The lowest BCUT2D eigenvalue weighted by atomic mass is 10.3. The number of aromatic nitrogens is 3. The summed E-state index contributed by atoms with van der Waals surface area (Å²) in [7, 11) is 1.59. The minimum Gasteiger partial charge on any atom is -0.494 e. The monoisotopic (exact) mass is 241 g/mol. The number of benzene rings is 1. The van der Waals surface area contributed by atoms with Crippen molar-refractivity contribution in [1.82, 2.24) is 14.5 Å². The van der Waals surface area contributed by atoms with Crippen LogP contribution in [-0.2, 0) is 0 Å². The average molecular weight is 241 g/mol. The first-order valence-electron chi connectivity index (χ1n) is 5.49. The van der Waals surface area contributed by atoms with E-state index < -0.39 is 0 Å². The highest BCUT2D eigenvalue weighted by Gasteiger charge is 2.12. The second-order valence-corrected chi connectivity index (χ2v) is 3.83. The van der Waals surface area contributed by atoms with Crippen molar-refractivity contribution in [3.8, 4) is 11.4 Å². The van der Waals surface area contributed by atoms with Crippen molar-refractivity contribution in [3.05, 3.63) is 53.2 Å². The zero-order valence-corrected chi connectivity index (χ0v) is 9.75. The smallest absolute Gasteiger partial charge is 0.331 e. The third-order valence-electron chi connectivity index (χ3n) is 2.81. The summed E-state index contributed by atoms with van der Waals surface area (Å²) in [4.78, 5) is 18.8. The first-order chi connectivity index (χ1) is 8.81. The van der Waals surface area contributed by atoms with Gasteiger partial charge in [-0.15, -0.1) is 0 Å². The van der Waals surface area contributed by atoms with Gasteiger partial charge in [0.15, 0.2) is 0 Å². The van der Waals surface area contributed by atoms with E-state index in [-0.39, 0.29) is 5.69 Å². The van der Waals surface area contributed by atoms with E-state index in [9.17, 15) is 4.79 Å². The molecule has 3 aromatic rings. The van der Waals surface area contributed by atoms with Gasteiger partial charge in [0.1, 0.15) is 11.3 Å². The molecule has 0 fully saturated rings. The van der Waals surface area contributed by atoms with E-state index in [0.29, 0.717) is 5.75 Å². The Morgan fingerprint density at radius 3 is 2.72 bits per heavy atom. The lowest BCUT2D eigenvalue weighted by molar-refractivity contribution is 0.418. The molecule has 90 valence electrons. The number of imidazole rings is 1. The fourth-order valence-corrected chi connectivity index (χ4v) is 2.03. The molecule has 0 aliphatic carbocycles. The van der Waals surface area contributed by atoms with Crippen molar-refractivity contribution in [2.24, 2.45) is 0 Å². The Hall–Kier alpha value is -2.56. The van der Waals surface area contributed by atoms with Crippen LogP contribution in [0.15, 0.2) is 47.5 Å². The van der Waals surface area contributed by atoms with Gasteiger partial charge in [-0.1, -0.05) is 6.07 Å². The van der Waals surface area contributed by atoms with Gasteiger partial charge >= 0.3 is 5.69 Å². The molecule has 0 spiro atoms. The summed E-state index contributed by atoms with van der Waals surface area (Å²) in [6, 6.07) is 9.07. The van der Waals surface area contributed by atoms with Gasteiger partial charge in [0, 0.05) is 12.4 Å². The molecule has 0 amide bonds. The summed E-state index contributed by atoms with van der Waals surface area (Å²) in [5.74, 6) is 0.655. The van der Waals surface area contributed by atoms with Crippen LogP contribution in [-0.4, -0.2) is 21.6 Å². The number of rotatable bonds is 2. The number of hydrogen-bond donors (Lipinski definition) is 1. The number of nitrogens with one attached hydrogen (secondary N) is 1. The van der Waals surface area contributed by atoms with E-state index in [4.69, 9.17) is 4.74 Å². The van der Waals surface area contributed by atoms with Crippen molar-refractivity contribution in [3.63, 3.8) is 0 Å². The third-order valence-corrected chi connectivity index (χ3v) is 2.81. The molecule has 0 bridgehead atoms. The molecule has 18 heavy (non-hydrogen) atoms. The quantitative estimate of drug-likeness (QED) is 0.743. The van der Waals surface area contributed by atoms with Crippen LogP contribution in [0.3, 0.4) is 0 Å². The maximum atomic E-state index is 12.0. The van der Waals surface area contributed by atoms with Crippen LogP contribution in [0.4, 0.5) is 0 Å². The number of aromatic amines is 1. The first kappa shape index (κ1) is 10.6. The Morgan fingerprint density at radius 1 is 1.22 bits per heavy atom. The van der Waals surface area contributed by atoms with Crippen LogP contribution in [0, 0.1) is 0 Å². The number of H-pyrrole nitrogens is 1. The van der Waals surface area contributed by atoms with E-state index in [2.05, 4.69) is 9.97 Å². The standard InChI is InChI=1S/C13H11N3O2/c1-18-11-4-2-3-10-12(11)16(13(17)15-10)9-5-7-14-8-6-9/h2-8H,1H3,(H,15,17). The summed E-state index contributed by atoms with van der Waals surface area (Å²) >= 11 is 0. The van der Waals surface area contributed by atoms with E-state index in [1.54, 1.807) is 36.2 Å². The first-order valence-corrected chi connectivity index (χ1v) is 5.49. The minimum absolute atomic E-state index is 0.194. The SMILES string of the molecule is COc1cccc2[nH]c(=O)n(-c3ccncc3)c12. The number of methoxy groups -OCH3 is 1. The summed E-state index contributed by atoms with van der Waals surface area (Å²) in [5, 5.41) is 0. The predicted octanol–water partition coefficient (Wildman–Crippen LogP) is 1.72. The number of fused-ring (bicyclic) bond motifs is 1. The normalized spacial score (nSPS) is 10.7. The summed E-state index contributed by atoms with van der Waals surface area (Å²) in [6.07, 6.45) is 3.30. The molecule has 0 atom stereocenters. The Balaban J connectivity index is 2.42. The van der Waals surface area contributed by atoms with Crippen molar-refractivity contribution in [2.75, 3.05) is 7.11 Å². The second-order valence-electron chi connectivity index (χ2n) is 3.83. The average Bonchev–Trinajstić information content (AvgIpc) is 2.75. The highest BCUT2D eigenvalue weighted by Crippen LogP contribution is 2.25. The molecule has 1 aromatic carbocycles.